The molecule has 3 aromatic rings. The molecule has 0 heterocycles. The number of carbonyl (C=O) groups excluding carboxylic acids is 2. The van der Waals surface area contributed by atoms with Crippen molar-refractivity contribution in [1.29, 1.82) is 0 Å². The highest BCUT2D eigenvalue weighted by atomic mass is 79.9. The molecule has 0 saturated heterocycles. The highest BCUT2D eigenvalue weighted by molar-refractivity contribution is 9.10. The maximum atomic E-state index is 12.8. The van der Waals surface area contributed by atoms with Crippen molar-refractivity contribution in [1.82, 2.24) is 0 Å². The molecule has 30 heavy (non-hydrogen) atoms. The molecule has 0 aliphatic rings. The van der Waals surface area contributed by atoms with E-state index >= 15 is 0 Å². The van der Waals surface area contributed by atoms with Gasteiger partial charge in [-0.05, 0) is 42.5 Å². The van der Waals surface area contributed by atoms with Gasteiger partial charge in [0.25, 0.3) is 0 Å². The van der Waals surface area contributed by atoms with Crippen LogP contribution in [0.4, 0.5) is 24.5 Å². The fourth-order valence-electron chi connectivity index (χ4n) is 2.73. The van der Waals surface area contributed by atoms with Crippen LogP contribution in [0.5, 0.6) is 0 Å². The Balaban J connectivity index is 1.68. The standard InChI is InChI=1S/C22H16BrF3N2O2/c23-16-8-11-19(18(12-16)21(30)14-4-2-1-3-5-14)27-13-20(29)28-17-9-6-15(7-10-17)22(24,25)26/h1-12,27H,13H2,(H,28,29). The molecule has 0 spiro atoms. The first-order chi connectivity index (χ1) is 14.2. The zero-order valence-electron chi connectivity index (χ0n) is 15.5. The van der Waals surface area contributed by atoms with Crippen molar-refractivity contribution >= 4 is 39.0 Å². The molecule has 0 aromatic heterocycles. The smallest absolute Gasteiger partial charge is 0.376 e. The summed E-state index contributed by atoms with van der Waals surface area (Å²) in [6, 6.07) is 18.0. The van der Waals surface area contributed by atoms with Gasteiger partial charge >= 0.3 is 6.18 Å². The van der Waals surface area contributed by atoms with Gasteiger partial charge in [0.05, 0.1) is 12.1 Å². The van der Waals surface area contributed by atoms with Crippen molar-refractivity contribution < 1.29 is 22.8 Å². The molecule has 0 aliphatic heterocycles. The molecule has 1 amide bonds. The second kappa shape index (κ2) is 9.13. The van der Waals surface area contributed by atoms with E-state index in [1.165, 1.54) is 12.1 Å². The summed E-state index contributed by atoms with van der Waals surface area (Å²) in [5, 5.41) is 5.43. The van der Waals surface area contributed by atoms with Gasteiger partial charge in [-0.25, -0.2) is 0 Å². The summed E-state index contributed by atoms with van der Waals surface area (Å²) in [5.74, 6) is -0.668. The van der Waals surface area contributed by atoms with Crippen LogP contribution in [0, 0.1) is 0 Å². The highest BCUT2D eigenvalue weighted by Crippen LogP contribution is 2.30. The Bertz CT molecular complexity index is 1050. The summed E-state index contributed by atoms with van der Waals surface area (Å²) < 4.78 is 38.6. The Morgan fingerprint density at radius 2 is 1.57 bits per heavy atom. The van der Waals surface area contributed by atoms with Gasteiger partial charge in [-0.2, -0.15) is 13.2 Å². The minimum absolute atomic E-state index is 0.169. The summed E-state index contributed by atoms with van der Waals surface area (Å²) in [6.45, 7) is -0.169. The van der Waals surface area contributed by atoms with Gasteiger partial charge in [0, 0.05) is 27.0 Å². The number of carbonyl (C=O) groups is 2. The molecule has 0 unspecified atom stereocenters. The Morgan fingerprint density at radius 1 is 0.900 bits per heavy atom. The molecule has 8 heteroatoms. The number of ketones is 1. The monoisotopic (exact) mass is 476 g/mol. The number of halogens is 4. The summed E-state index contributed by atoms with van der Waals surface area (Å²) in [7, 11) is 0. The molecule has 0 fully saturated rings. The Hall–Kier alpha value is -3.13. The molecule has 4 nitrogen and oxygen atoms in total. The van der Waals surface area contributed by atoms with Gasteiger partial charge in [-0.15, -0.1) is 0 Å². The van der Waals surface area contributed by atoms with Crippen LogP contribution in [0.3, 0.4) is 0 Å². The van der Waals surface area contributed by atoms with E-state index in [9.17, 15) is 22.8 Å². The first-order valence-corrected chi connectivity index (χ1v) is 9.63. The molecule has 0 saturated carbocycles. The van der Waals surface area contributed by atoms with Crippen molar-refractivity contribution in [2.45, 2.75) is 6.18 Å². The van der Waals surface area contributed by atoms with Crippen LogP contribution in [-0.2, 0) is 11.0 Å². The van der Waals surface area contributed by atoms with E-state index in [1.807, 2.05) is 6.07 Å². The van der Waals surface area contributed by atoms with E-state index < -0.39 is 17.6 Å². The molecule has 0 aliphatic carbocycles. The molecule has 2 N–H and O–H groups in total. The molecular formula is C22H16BrF3N2O2. The van der Waals surface area contributed by atoms with Gasteiger partial charge < -0.3 is 10.6 Å². The number of nitrogens with one attached hydrogen (secondary N) is 2. The quantitative estimate of drug-likeness (QED) is 0.445. The zero-order valence-corrected chi connectivity index (χ0v) is 17.0. The van der Waals surface area contributed by atoms with Gasteiger partial charge in [0.2, 0.25) is 5.91 Å². The minimum atomic E-state index is -4.44. The SMILES string of the molecule is O=C(CNc1ccc(Br)cc1C(=O)c1ccccc1)Nc1ccc(C(F)(F)F)cc1. The lowest BCUT2D eigenvalue weighted by Gasteiger charge is -2.13. The van der Waals surface area contributed by atoms with Crippen LogP contribution in [0.25, 0.3) is 0 Å². The fraction of sp³-hybridized carbons (Fsp3) is 0.0909. The maximum absolute atomic E-state index is 12.8. The number of anilines is 2. The molecule has 3 rings (SSSR count). The summed E-state index contributed by atoms with van der Waals surface area (Å²) in [4.78, 5) is 25.0. The van der Waals surface area contributed by atoms with Gasteiger partial charge in [-0.1, -0.05) is 46.3 Å². The lowest BCUT2D eigenvalue weighted by atomic mass is 10.0. The van der Waals surface area contributed by atoms with Gasteiger partial charge in [-0.3, -0.25) is 9.59 Å². The average molecular weight is 477 g/mol. The van der Waals surface area contributed by atoms with Crippen LogP contribution in [0.2, 0.25) is 0 Å². The molecule has 0 bridgehead atoms. The Labute approximate surface area is 179 Å². The predicted octanol–water partition coefficient (Wildman–Crippen LogP) is 5.75. The largest absolute Gasteiger partial charge is 0.416 e. The first kappa shape index (κ1) is 21.6. The molecule has 0 radical (unpaired) electrons. The molecule has 0 atom stereocenters. The maximum Gasteiger partial charge on any atom is 0.416 e. The fourth-order valence-corrected chi connectivity index (χ4v) is 3.09. The van der Waals surface area contributed by atoms with Crippen molar-refractivity contribution in [2.24, 2.45) is 0 Å². The van der Waals surface area contributed by atoms with E-state index in [4.69, 9.17) is 0 Å². The molecule has 154 valence electrons. The van der Waals surface area contributed by atoms with E-state index in [1.54, 1.807) is 42.5 Å². The van der Waals surface area contributed by atoms with Crippen LogP contribution in [0.1, 0.15) is 21.5 Å². The Kier molecular flexibility index (Phi) is 6.56. The Morgan fingerprint density at radius 3 is 2.20 bits per heavy atom. The normalized spacial score (nSPS) is 11.1. The number of benzene rings is 3. The lowest BCUT2D eigenvalue weighted by Crippen LogP contribution is -2.22. The van der Waals surface area contributed by atoms with E-state index in [2.05, 4.69) is 26.6 Å². The van der Waals surface area contributed by atoms with Crippen LogP contribution < -0.4 is 10.6 Å². The van der Waals surface area contributed by atoms with Crippen LogP contribution in [0.15, 0.2) is 77.3 Å². The molecule has 3 aromatic carbocycles. The van der Waals surface area contributed by atoms with Crippen molar-refractivity contribution in [3.63, 3.8) is 0 Å². The number of amides is 1. The van der Waals surface area contributed by atoms with E-state index in [0.29, 0.717) is 21.3 Å². The second-order valence-corrected chi connectivity index (χ2v) is 7.28. The van der Waals surface area contributed by atoms with Crippen LogP contribution >= 0.6 is 15.9 Å². The third kappa shape index (κ3) is 5.48. The van der Waals surface area contributed by atoms with Crippen LogP contribution in [-0.4, -0.2) is 18.2 Å². The zero-order chi connectivity index (χ0) is 21.7. The van der Waals surface area contributed by atoms with Gasteiger partial charge in [0.1, 0.15) is 0 Å². The lowest BCUT2D eigenvalue weighted by molar-refractivity contribution is -0.137. The molecular weight excluding hydrogens is 461 g/mol. The second-order valence-electron chi connectivity index (χ2n) is 6.36. The number of rotatable bonds is 6. The van der Waals surface area contributed by atoms with Gasteiger partial charge in [0.15, 0.2) is 5.78 Å². The third-order valence-electron chi connectivity index (χ3n) is 4.20. The first-order valence-electron chi connectivity index (χ1n) is 8.84. The van der Waals surface area contributed by atoms with Crippen molar-refractivity contribution in [3.05, 3.63) is 94.0 Å². The highest BCUT2D eigenvalue weighted by Gasteiger charge is 2.30. The average Bonchev–Trinajstić information content (AvgIpc) is 2.72. The predicted molar refractivity (Wildman–Crippen MR) is 113 cm³/mol. The third-order valence-corrected chi connectivity index (χ3v) is 4.69. The number of alkyl halides is 3. The number of hydrogen-bond donors (Lipinski definition) is 2. The van der Waals surface area contributed by atoms with E-state index in [0.717, 1.165) is 12.1 Å². The topological polar surface area (TPSA) is 58.2 Å². The summed E-state index contributed by atoms with van der Waals surface area (Å²) in [6.07, 6.45) is -4.44. The van der Waals surface area contributed by atoms with Crippen molar-refractivity contribution in [2.75, 3.05) is 17.2 Å². The summed E-state index contributed by atoms with van der Waals surface area (Å²) >= 11 is 3.34. The summed E-state index contributed by atoms with van der Waals surface area (Å²) in [5.41, 5.74) is 0.809. The van der Waals surface area contributed by atoms with Crippen molar-refractivity contribution in [3.8, 4) is 0 Å². The van der Waals surface area contributed by atoms with E-state index in [-0.39, 0.29) is 18.0 Å². The minimum Gasteiger partial charge on any atom is -0.376 e. The number of hydrogen-bond acceptors (Lipinski definition) is 3.